The van der Waals surface area contributed by atoms with Crippen LogP contribution in [0.1, 0.15) is 15.9 Å². The van der Waals surface area contributed by atoms with E-state index in [4.69, 9.17) is 0 Å². The van der Waals surface area contributed by atoms with Crippen LogP contribution in [0.2, 0.25) is 0 Å². The minimum Gasteiger partial charge on any atom is -0.378 e. The lowest BCUT2D eigenvalue weighted by Crippen LogP contribution is -2.29. The van der Waals surface area contributed by atoms with Gasteiger partial charge in [-0.05, 0) is 46.3 Å². The maximum Gasteiger partial charge on any atom is 0.416 e. The van der Waals surface area contributed by atoms with Gasteiger partial charge in [-0.2, -0.15) is 13.2 Å². The van der Waals surface area contributed by atoms with E-state index >= 15 is 0 Å². The molecule has 0 saturated carbocycles. The van der Waals surface area contributed by atoms with Crippen LogP contribution in [0.15, 0.2) is 40.9 Å². The number of benzene rings is 2. The van der Waals surface area contributed by atoms with Gasteiger partial charge in [-0.25, -0.2) is 4.39 Å². The van der Waals surface area contributed by atoms with Crippen LogP contribution in [-0.4, -0.2) is 23.9 Å². The van der Waals surface area contributed by atoms with Gasteiger partial charge in [0.1, 0.15) is 11.5 Å². The molecule has 6 nitrogen and oxygen atoms in total. The number of hydrogen-bond acceptors (Lipinski definition) is 4. The summed E-state index contributed by atoms with van der Waals surface area (Å²) in [5.74, 6) is -1.03. The minimum absolute atomic E-state index is 0.0246. The number of halogens is 5. The van der Waals surface area contributed by atoms with E-state index < -0.39 is 34.1 Å². The monoisotopic (exact) mass is 449 g/mol. The topological polar surface area (TPSA) is 84.3 Å². The zero-order chi connectivity index (χ0) is 20.2. The Balaban J connectivity index is 1.98. The molecule has 2 aromatic carbocycles. The van der Waals surface area contributed by atoms with Crippen LogP contribution in [0.5, 0.6) is 0 Å². The van der Waals surface area contributed by atoms with Gasteiger partial charge in [0.25, 0.3) is 11.6 Å². The largest absolute Gasteiger partial charge is 0.416 e. The number of amides is 1. The quantitative estimate of drug-likeness (QED) is 0.297. The summed E-state index contributed by atoms with van der Waals surface area (Å²) in [6.45, 7) is 0.0532. The van der Waals surface area contributed by atoms with Crippen molar-refractivity contribution in [2.45, 2.75) is 6.18 Å². The number of hydrogen-bond donors (Lipinski definition) is 2. The Bertz CT molecular complexity index is 874. The fraction of sp³-hybridized carbons (Fsp3) is 0.188. The van der Waals surface area contributed by atoms with Crippen molar-refractivity contribution < 1.29 is 27.3 Å². The van der Waals surface area contributed by atoms with Gasteiger partial charge in [0, 0.05) is 23.6 Å². The van der Waals surface area contributed by atoms with E-state index in [-0.39, 0.29) is 28.8 Å². The molecule has 0 bridgehead atoms. The van der Waals surface area contributed by atoms with Gasteiger partial charge in [0.2, 0.25) is 0 Å². The fourth-order valence-electron chi connectivity index (χ4n) is 2.15. The van der Waals surface area contributed by atoms with Crippen molar-refractivity contribution in [3.63, 3.8) is 0 Å². The molecule has 0 unspecified atom stereocenters. The van der Waals surface area contributed by atoms with E-state index in [1.54, 1.807) is 0 Å². The first-order chi connectivity index (χ1) is 12.6. The van der Waals surface area contributed by atoms with Crippen LogP contribution >= 0.6 is 15.9 Å². The molecule has 144 valence electrons. The first-order valence-corrected chi connectivity index (χ1v) is 8.21. The number of nitro benzene ring substituents is 1. The molecular weight excluding hydrogens is 438 g/mol. The number of rotatable bonds is 6. The molecular formula is C16H12BrF4N3O3. The third-order valence-corrected chi connectivity index (χ3v) is 4.08. The second kappa shape index (κ2) is 8.33. The molecule has 0 aromatic heterocycles. The predicted molar refractivity (Wildman–Crippen MR) is 93.0 cm³/mol. The highest BCUT2D eigenvalue weighted by molar-refractivity contribution is 9.10. The summed E-state index contributed by atoms with van der Waals surface area (Å²) >= 11 is 3.06. The summed E-state index contributed by atoms with van der Waals surface area (Å²) in [5, 5.41) is 16.1. The number of alkyl halides is 3. The van der Waals surface area contributed by atoms with Crippen LogP contribution in [0, 0.1) is 15.9 Å². The summed E-state index contributed by atoms with van der Waals surface area (Å²) in [6.07, 6.45) is -4.69. The summed E-state index contributed by atoms with van der Waals surface area (Å²) in [4.78, 5) is 22.1. The molecule has 11 heteroatoms. The summed E-state index contributed by atoms with van der Waals surface area (Å²) in [7, 11) is 0. The van der Waals surface area contributed by atoms with Crippen molar-refractivity contribution >= 4 is 33.2 Å². The molecule has 0 spiro atoms. The smallest absolute Gasteiger partial charge is 0.378 e. The van der Waals surface area contributed by atoms with Crippen molar-refractivity contribution in [1.82, 2.24) is 5.32 Å². The number of carbonyl (C=O) groups is 1. The highest BCUT2D eigenvalue weighted by Crippen LogP contribution is 2.34. The third-order valence-electron chi connectivity index (χ3n) is 3.42. The Kier molecular flexibility index (Phi) is 6.37. The van der Waals surface area contributed by atoms with Gasteiger partial charge in [-0.1, -0.05) is 0 Å². The van der Waals surface area contributed by atoms with Gasteiger partial charge in [0.15, 0.2) is 0 Å². The van der Waals surface area contributed by atoms with E-state index in [9.17, 15) is 32.5 Å². The molecule has 2 N–H and O–H groups in total. The summed E-state index contributed by atoms with van der Waals surface area (Å²) < 4.78 is 51.2. The van der Waals surface area contributed by atoms with Gasteiger partial charge >= 0.3 is 6.18 Å². The van der Waals surface area contributed by atoms with Crippen molar-refractivity contribution in [3.05, 3.63) is 67.9 Å². The molecule has 0 aliphatic heterocycles. The van der Waals surface area contributed by atoms with Crippen LogP contribution in [0.3, 0.4) is 0 Å². The number of carbonyl (C=O) groups excluding carboxylic acids is 1. The van der Waals surface area contributed by atoms with Gasteiger partial charge in [-0.3, -0.25) is 14.9 Å². The van der Waals surface area contributed by atoms with Crippen molar-refractivity contribution in [2.75, 3.05) is 18.4 Å². The number of nitro groups is 1. The van der Waals surface area contributed by atoms with E-state index in [1.165, 1.54) is 6.07 Å². The van der Waals surface area contributed by atoms with E-state index in [1.807, 2.05) is 0 Å². The highest BCUT2D eigenvalue weighted by atomic mass is 79.9. The van der Waals surface area contributed by atoms with Crippen LogP contribution < -0.4 is 10.6 Å². The normalized spacial score (nSPS) is 11.1. The van der Waals surface area contributed by atoms with Crippen LogP contribution in [0.4, 0.5) is 28.9 Å². The predicted octanol–water partition coefficient (Wildman–Crippen LogP) is 4.36. The molecule has 0 aliphatic carbocycles. The van der Waals surface area contributed by atoms with Crippen LogP contribution in [0.25, 0.3) is 0 Å². The SMILES string of the molecule is O=C(NCCNc1ccc(C(F)(F)F)cc1[N+](=O)[O-])c1ccc(F)cc1Br. The van der Waals surface area contributed by atoms with E-state index in [2.05, 4.69) is 26.6 Å². The third kappa shape index (κ3) is 5.39. The zero-order valence-electron chi connectivity index (χ0n) is 13.4. The molecule has 0 atom stereocenters. The molecule has 0 radical (unpaired) electrons. The first kappa shape index (κ1) is 20.6. The Morgan fingerprint density at radius 1 is 1.15 bits per heavy atom. The molecule has 1 amide bonds. The number of nitrogens with one attached hydrogen (secondary N) is 2. The summed E-state index contributed by atoms with van der Waals surface area (Å²) in [5.41, 5.74) is -1.77. The molecule has 0 heterocycles. The lowest BCUT2D eigenvalue weighted by molar-refractivity contribution is -0.384. The maximum atomic E-state index is 13.0. The lowest BCUT2D eigenvalue weighted by atomic mass is 10.1. The molecule has 0 aliphatic rings. The lowest BCUT2D eigenvalue weighted by Gasteiger charge is -2.11. The molecule has 27 heavy (non-hydrogen) atoms. The Labute approximate surface area is 158 Å². The summed E-state index contributed by atoms with van der Waals surface area (Å²) in [6, 6.07) is 5.64. The van der Waals surface area contributed by atoms with Gasteiger partial charge in [0.05, 0.1) is 16.1 Å². The molecule has 0 fully saturated rings. The van der Waals surface area contributed by atoms with Crippen molar-refractivity contribution in [2.24, 2.45) is 0 Å². The van der Waals surface area contributed by atoms with E-state index in [0.717, 1.165) is 24.3 Å². The van der Waals surface area contributed by atoms with E-state index in [0.29, 0.717) is 6.07 Å². The molecule has 2 aromatic rings. The Morgan fingerprint density at radius 3 is 2.44 bits per heavy atom. The number of nitrogens with zero attached hydrogens (tertiary/aromatic N) is 1. The highest BCUT2D eigenvalue weighted by Gasteiger charge is 2.33. The van der Waals surface area contributed by atoms with Crippen molar-refractivity contribution in [1.29, 1.82) is 0 Å². The van der Waals surface area contributed by atoms with Crippen molar-refractivity contribution in [3.8, 4) is 0 Å². The number of anilines is 1. The first-order valence-electron chi connectivity index (χ1n) is 7.42. The second-order valence-corrected chi connectivity index (χ2v) is 6.15. The average Bonchev–Trinajstić information content (AvgIpc) is 2.57. The standard InChI is InChI=1S/C16H12BrF4N3O3/c17-12-8-10(18)2-3-11(12)15(25)23-6-5-22-13-4-1-9(16(19,20)21)7-14(13)24(26)27/h1-4,7-8,22H,5-6H2,(H,23,25). The maximum absolute atomic E-state index is 13.0. The zero-order valence-corrected chi connectivity index (χ0v) is 15.0. The van der Waals surface area contributed by atoms with Gasteiger partial charge in [-0.15, -0.1) is 0 Å². The fourth-order valence-corrected chi connectivity index (χ4v) is 2.68. The molecule has 2 rings (SSSR count). The van der Waals surface area contributed by atoms with Crippen LogP contribution in [-0.2, 0) is 6.18 Å². The Morgan fingerprint density at radius 2 is 1.85 bits per heavy atom. The minimum atomic E-state index is -4.69. The van der Waals surface area contributed by atoms with Gasteiger partial charge < -0.3 is 10.6 Å². The molecule has 0 saturated heterocycles. The second-order valence-electron chi connectivity index (χ2n) is 5.29. The average molecular weight is 450 g/mol. The Hall–Kier alpha value is -2.69.